The van der Waals surface area contributed by atoms with Crippen LogP contribution in [0.4, 0.5) is 0 Å². The third-order valence-electron chi connectivity index (χ3n) is 2.31. The predicted molar refractivity (Wildman–Crippen MR) is 101 cm³/mol. The fourth-order valence-corrected chi connectivity index (χ4v) is 0.965. The van der Waals surface area contributed by atoms with Crippen molar-refractivity contribution in [1.82, 2.24) is 0 Å². The zero-order valence-corrected chi connectivity index (χ0v) is 17.0. The summed E-state index contributed by atoms with van der Waals surface area (Å²) in [5, 5.41) is 7.89. The summed E-state index contributed by atoms with van der Waals surface area (Å²) in [5.41, 5.74) is 1.35. The van der Waals surface area contributed by atoms with Crippen LogP contribution in [0.15, 0.2) is 61.7 Å². The smallest absolute Gasteiger partial charge is 0.330 e. The molecular weight excluding hydrogens is 315 g/mol. The molecule has 1 aromatic carbocycles. The van der Waals surface area contributed by atoms with Crippen molar-refractivity contribution in [3.8, 4) is 0 Å². The second-order valence-electron chi connectivity index (χ2n) is 4.43. The van der Waals surface area contributed by atoms with Crippen molar-refractivity contribution >= 4 is 47.6 Å². The number of hydrogen-bond acceptors (Lipinski definition) is 3. The van der Waals surface area contributed by atoms with Gasteiger partial charge in [-0.2, -0.15) is 0 Å². The van der Waals surface area contributed by atoms with Gasteiger partial charge in [0.2, 0.25) is 0 Å². The van der Waals surface area contributed by atoms with Crippen molar-refractivity contribution in [1.29, 1.82) is 0 Å². The van der Waals surface area contributed by atoms with Crippen molar-refractivity contribution < 1.29 is 19.4 Å². The first kappa shape index (κ1) is 27.2. The Hall–Kier alpha value is -1.62. The van der Waals surface area contributed by atoms with Gasteiger partial charge in [0.05, 0.1) is 6.61 Å². The normalized spacial score (nSPS) is 7.92. The number of rotatable bonds is 6. The SMILES string of the molecule is C=C(C)C(=O)O.C=CC(=O)OCCCC.C=Cc1ccccc1.[Na]. The number of ether oxygens (including phenoxy) is 1. The van der Waals surface area contributed by atoms with Gasteiger partial charge < -0.3 is 9.84 Å². The maximum Gasteiger partial charge on any atom is 0.330 e. The summed E-state index contributed by atoms with van der Waals surface area (Å²) in [5.74, 6) is -1.27. The topological polar surface area (TPSA) is 63.6 Å². The van der Waals surface area contributed by atoms with E-state index in [0.717, 1.165) is 12.8 Å². The van der Waals surface area contributed by atoms with Gasteiger partial charge in [-0.05, 0) is 18.9 Å². The van der Waals surface area contributed by atoms with Gasteiger partial charge >= 0.3 is 11.9 Å². The Balaban J connectivity index is -0.000000275. The standard InChI is InChI=1S/C8H8.C7H12O2.C4H6O2.Na/c1-2-8-6-4-3-5-7-8;1-3-5-6-9-7(8)4-2;1-3(2)4(5)6;/h2-7H,1H2;4H,2-3,5-6H2,1H3;1H2,2H3,(H,5,6);. The minimum absolute atomic E-state index is 0. The van der Waals surface area contributed by atoms with Gasteiger partial charge in [0.1, 0.15) is 0 Å². The fraction of sp³-hybridized carbons (Fsp3) is 0.263. The van der Waals surface area contributed by atoms with E-state index in [1.165, 1.54) is 18.6 Å². The van der Waals surface area contributed by atoms with Gasteiger partial charge in [0, 0.05) is 41.2 Å². The largest absolute Gasteiger partial charge is 0.478 e. The molecule has 0 saturated heterocycles. The Bertz CT molecular complexity index is 483. The Kier molecular flexibility index (Phi) is 22.0. The van der Waals surface area contributed by atoms with Crippen LogP contribution in [-0.4, -0.2) is 53.2 Å². The molecule has 5 heteroatoms. The van der Waals surface area contributed by atoms with Gasteiger partial charge in [0.15, 0.2) is 0 Å². The first-order chi connectivity index (χ1) is 10.9. The molecule has 0 atom stereocenters. The molecule has 0 bridgehead atoms. The summed E-state index contributed by atoms with van der Waals surface area (Å²) in [6, 6.07) is 10.0. The van der Waals surface area contributed by atoms with Crippen LogP contribution >= 0.6 is 0 Å². The zero-order valence-electron chi connectivity index (χ0n) is 15.0. The predicted octanol–water partition coefficient (Wildman–Crippen LogP) is 4.11. The minimum atomic E-state index is -0.935. The Morgan fingerprint density at radius 3 is 2.00 bits per heavy atom. The monoisotopic (exact) mass is 341 g/mol. The van der Waals surface area contributed by atoms with Crippen LogP contribution in [0.25, 0.3) is 6.08 Å². The molecule has 1 N–H and O–H groups in total. The molecule has 127 valence electrons. The number of carbonyl (C=O) groups excluding carboxylic acids is 1. The number of carbonyl (C=O) groups is 2. The molecule has 0 heterocycles. The minimum Gasteiger partial charge on any atom is -0.478 e. The third-order valence-corrected chi connectivity index (χ3v) is 2.31. The fourth-order valence-electron chi connectivity index (χ4n) is 0.965. The van der Waals surface area contributed by atoms with Gasteiger partial charge in [0.25, 0.3) is 0 Å². The zero-order chi connectivity index (χ0) is 18.1. The molecule has 0 saturated carbocycles. The molecule has 0 aliphatic heterocycles. The number of hydrogen-bond donors (Lipinski definition) is 1. The summed E-state index contributed by atoms with van der Waals surface area (Å²) in [7, 11) is 0. The molecule has 0 fully saturated rings. The first-order valence-corrected chi connectivity index (χ1v) is 7.24. The summed E-state index contributed by atoms with van der Waals surface area (Å²) in [6.07, 6.45) is 4.99. The molecule has 1 rings (SSSR count). The van der Waals surface area contributed by atoms with E-state index in [2.05, 4.69) is 24.5 Å². The quantitative estimate of drug-likeness (QED) is 0.366. The molecule has 0 amide bonds. The van der Waals surface area contributed by atoms with Crippen molar-refractivity contribution in [3.63, 3.8) is 0 Å². The number of esters is 1. The third kappa shape index (κ3) is 20.4. The molecular formula is C19H26NaO4. The summed E-state index contributed by atoms with van der Waals surface area (Å²) in [4.78, 5) is 19.9. The molecule has 0 aliphatic carbocycles. The molecule has 4 nitrogen and oxygen atoms in total. The molecule has 0 aliphatic rings. The van der Waals surface area contributed by atoms with E-state index < -0.39 is 5.97 Å². The number of carboxylic acid groups (broad SMARTS) is 1. The van der Waals surface area contributed by atoms with Crippen LogP contribution in [0.5, 0.6) is 0 Å². The Labute approximate surface area is 167 Å². The Morgan fingerprint density at radius 2 is 1.71 bits per heavy atom. The maximum absolute atomic E-state index is 10.3. The van der Waals surface area contributed by atoms with Crippen LogP contribution in [0.3, 0.4) is 0 Å². The van der Waals surface area contributed by atoms with Crippen molar-refractivity contribution in [3.05, 3.63) is 67.3 Å². The second kappa shape index (κ2) is 19.4. The van der Waals surface area contributed by atoms with Crippen LogP contribution in [0, 0.1) is 0 Å². The molecule has 1 aromatic rings. The van der Waals surface area contributed by atoms with Crippen LogP contribution in [0.2, 0.25) is 0 Å². The number of aliphatic carboxylic acids is 1. The van der Waals surface area contributed by atoms with Gasteiger partial charge in [-0.25, -0.2) is 9.59 Å². The van der Waals surface area contributed by atoms with Crippen molar-refractivity contribution in [2.75, 3.05) is 6.61 Å². The average molecular weight is 341 g/mol. The van der Waals surface area contributed by atoms with E-state index in [-0.39, 0.29) is 41.1 Å². The molecule has 1 radical (unpaired) electrons. The summed E-state index contributed by atoms with van der Waals surface area (Å²) >= 11 is 0. The number of benzene rings is 1. The van der Waals surface area contributed by atoms with Gasteiger partial charge in [-0.15, -0.1) is 0 Å². The molecule has 0 unspecified atom stereocenters. The molecule has 0 spiro atoms. The first-order valence-electron chi connectivity index (χ1n) is 7.24. The molecule has 24 heavy (non-hydrogen) atoms. The molecule has 0 aromatic heterocycles. The van der Waals surface area contributed by atoms with E-state index in [9.17, 15) is 9.59 Å². The van der Waals surface area contributed by atoms with Crippen molar-refractivity contribution in [2.24, 2.45) is 0 Å². The van der Waals surface area contributed by atoms with Crippen LogP contribution < -0.4 is 0 Å². The Morgan fingerprint density at radius 1 is 1.21 bits per heavy atom. The summed E-state index contributed by atoms with van der Waals surface area (Å²) < 4.78 is 4.67. The van der Waals surface area contributed by atoms with E-state index >= 15 is 0 Å². The van der Waals surface area contributed by atoms with Crippen LogP contribution in [0.1, 0.15) is 32.3 Å². The number of carboxylic acids is 1. The van der Waals surface area contributed by atoms with E-state index in [4.69, 9.17) is 5.11 Å². The van der Waals surface area contributed by atoms with E-state index in [0.29, 0.717) is 6.61 Å². The maximum atomic E-state index is 10.3. The van der Waals surface area contributed by atoms with E-state index in [1.54, 1.807) is 0 Å². The van der Waals surface area contributed by atoms with E-state index in [1.807, 2.05) is 43.3 Å². The van der Waals surface area contributed by atoms with Crippen molar-refractivity contribution in [2.45, 2.75) is 26.7 Å². The van der Waals surface area contributed by atoms with Gasteiger partial charge in [-0.3, -0.25) is 0 Å². The second-order valence-corrected chi connectivity index (χ2v) is 4.43. The average Bonchev–Trinajstić information content (AvgIpc) is 2.56. The summed E-state index contributed by atoms with van der Waals surface area (Å²) in [6.45, 7) is 14.1. The van der Waals surface area contributed by atoms with Gasteiger partial charge in [-0.1, -0.05) is 69.5 Å². The van der Waals surface area contributed by atoms with Crippen LogP contribution in [-0.2, 0) is 14.3 Å². The number of unbranched alkanes of at least 4 members (excludes halogenated alkanes) is 1.